The fraction of sp³-hybridized carbons (Fsp3) is 0.357. The number of quaternary nitrogens is 1. The van der Waals surface area contributed by atoms with Crippen molar-refractivity contribution in [1.29, 1.82) is 0 Å². The van der Waals surface area contributed by atoms with Gasteiger partial charge in [0.1, 0.15) is 19.6 Å². The average Bonchev–Trinajstić information content (AvgIpc) is 2.99. The van der Waals surface area contributed by atoms with E-state index in [-0.39, 0.29) is 13.2 Å². The van der Waals surface area contributed by atoms with Gasteiger partial charge in [-0.2, -0.15) is 0 Å². The third kappa shape index (κ3) is 2.43. The molecular weight excluding hydrogens is 274 g/mol. The Morgan fingerprint density at radius 2 is 1.90 bits per heavy atom. The molecule has 0 aliphatic heterocycles. The lowest BCUT2D eigenvalue weighted by Gasteiger charge is -2.16. The van der Waals surface area contributed by atoms with E-state index in [2.05, 4.69) is 20.8 Å². The predicted molar refractivity (Wildman–Crippen MR) is 79.1 cm³/mol. The number of aromatic nitrogens is 2. The van der Waals surface area contributed by atoms with Gasteiger partial charge >= 0.3 is 0 Å². The Balaban J connectivity index is 1.98. The fourth-order valence-corrected chi connectivity index (χ4v) is 3.43. The number of para-hydroxylation sites is 2. The first-order valence-corrected chi connectivity index (χ1v) is 7.60. The van der Waals surface area contributed by atoms with E-state index >= 15 is 0 Å². The molecule has 3 N–H and O–H groups in total. The Morgan fingerprint density at radius 1 is 1.15 bits per heavy atom. The van der Waals surface area contributed by atoms with Crippen LogP contribution in [0.4, 0.5) is 0 Å². The summed E-state index contributed by atoms with van der Waals surface area (Å²) in [5.41, 5.74) is 3.30. The average molecular weight is 292 g/mol. The molecule has 0 aliphatic carbocycles. The third-order valence-corrected chi connectivity index (χ3v) is 4.35. The van der Waals surface area contributed by atoms with E-state index < -0.39 is 0 Å². The summed E-state index contributed by atoms with van der Waals surface area (Å²) >= 11 is 1.63. The van der Waals surface area contributed by atoms with E-state index in [1.807, 2.05) is 18.2 Å². The number of imidazole rings is 1. The zero-order valence-corrected chi connectivity index (χ0v) is 11.9. The van der Waals surface area contributed by atoms with Gasteiger partial charge in [0.25, 0.3) is 0 Å². The molecule has 3 aromatic rings. The van der Waals surface area contributed by atoms with Crippen molar-refractivity contribution in [2.45, 2.75) is 6.54 Å². The molecule has 0 saturated carbocycles. The maximum absolute atomic E-state index is 9.12. The minimum Gasteiger partial charge on any atom is -0.391 e. The van der Waals surface area contributed by atoms with Crippen molar-refractivity contribution in [3.05, 3.63) is 35.3 Å². The molecule has 3 rings (SSSR count). The Labute approximate surface area is 120 Å². The van der Waals surface area contributed by atoms with Crippen LogP contribution in [0.2, 0.25) is 0 Å². The number of thiazole rings is 1. The summed E-state index contributed by atoms with van der Waals surface area (Å²) in [5.74, 6) is 0. The highest BCUT2D eigenvalue weighted by Gasteiger charge is 2.15. The summed E-state index contributed by atoms with van der Waals surface area (Å²) in [6.45, 7) is 2.33. The topological polar surface area (TPSA) is 62.2 Å². The van der Waals surface area contributed by atoms with Gasteiger partial charge in [0.05, 0.1) is 29.9 Å². The summed E-state index contributed by atoms with van der Waals surface area (Å²) in [5, 5.41) is 20.4. The zero-order valence-electron chi connectivity index (χ0n) is 11.1. The van der Waals surface area contributed by atoms with Gasteiger partial charge in [-0.1, -0.05) is 12.1 Å². The number of hydrogen-bond donors (Lipinski definition) is 3. The number of benzene rings is 1. The minimum absolute atomic E-state index is 0.132. The maximum atomic E-state index is 9.12. The molecule has 0 bridgehead atoms. The summed E-state index contributed by atoms with van der Waals surface area (Å²) in [6, 6.07) is 8.10. The van der Waals surface area contributed by atoms with Crippen molar-refractivity contribution in [1.82, 2.24) is 9.38 Å². The quantitative estimate of drug-likeness (QED) is 0.595. The molecule has 2 heterocycles. The molecule has 106 valence electrons. The third-order valence-electron chi connectivity index (χ3n) is 3.48. The zero-order chi connectivity index (χ0) is 13.9. The fourth-order valence-electron chi connectivity index (χ4n) is 2.53. The summed E-state index contributed by atoms with van der Waals surface area (Å²) in [4.78, 5) is 6.78. The lowest BCUT2D eigenvalue weighted by Crippen LogP contribution is -3.11. The van der Waals surface area contributed by atoms with Gasteiger partial charge < -0.3 is 15.1 Å². The second-order valence-electron chi connectivity index (χ2n) is 4.82. The van der Waals surface area contributed by atoms with Gasteiger partial charge in [-0.15, -0.1) is 11.3 Å². The number of hydrogen-bond acceptors (Lipinski definition) is 4. The Morgan fingerprint density at radius 3 is 2.65 bits per heavy atom. The van der Waals surface area contributed by atoms with E-state index in [9.17, 15) is 0 Å². The highest BCUT2D eigenvalue weighted by atomic mass is 32.1. The van der Waals surface area contributed by atoms with Crippen LogP contribution in [0.5, 0.6) is 0 Å². The molecule has 0 unspecified atom stereocenters. The molecule has 20 heavy (non-hydrogen) atoms. The largest absolute Gasteiger partial charge is 0.391 e. The van der Waals surface area contributed by atoms with E-state index in [0.29, 0.717) is 13.1 Å². The lowest BCUT2D eigenvalue weighted by molar-refractivity contribution is -0.914. The number of nitrogens with zero attached hydrogens (tertiary/aromatic N) is 2. The van der Waals surface area contributed by atoms with Crippen molar-refractivity contribution in [3.8, 4) is 0 Å². The molecule has 0 fully saturated rings. The monoisotopic (exact) mass is 292 g/mol. The molecule has 6 heteroatoms. The van der Waals surface area contributed by atoms with Crippen molar-refractivity contribution in [2.24, 2.45) is 0 Å². The highest BCUT2D eigenvalue weighted by Crippen LogP contribution is 2.22. The van der Waals surface area contributed by atoms with Crippen molar-refractivity contribution >= 4 is 27.3 Å². The smallest absolute Gasteiger partial charge is 0.195 e. The molecule has 0 aliphatic rings. The van der Waals surface area contributed by atoms with Crippen LogP contribution in [0.1, 0.15) is 5.69 Å². The molecule has 5 nitrogen and oxygen atoms in total. The van der Waals surface area contributed by atoms with Crippen LogP contribution in [-0.4, -0.2) is 45.9 Å². The first kappa shape index (κ1) is 13.5. The van der Waals surface area contributed by atoms with Crippen LogP contribution in [0.15, 0.2) is 29.6 Å². The Hall–Kier alpha value is -1.47. The van der Waals surface area contributed by atoms with Crippen LogP contribution >= 0.6 is 11.3 Å². The second kappa shape index (κ2) is 5.88. The summed E-state index contributed by atoms with van der Waals surface area (Å²) in [7, 11) is 0. The molecule has 0 atom stereocenters. The van der Waals surface area contributed by atoms with Crippen LogP contribution < -0.4 is 4.90 Å². The molecule has 0 spiro atoms. The summed E-state index contributed by atoms with van der Waals surface area (Å²) in [6.07, 6.45) is 0. The first-order chi connectivity index (χ1) is 9.83. The molecule has 2 aromatic heterocycles. The van der Waals surface area contributed by atoms with Crippen LogP contribution in [0, 0.1) is 0 Å². The molecule has 0 saturated heterocycles. The Kier molecular flexibility index (Phi) is 3.98. The van der Waals surface area contributed by atoms with Gasteiger partial charge in [0.15, 0.2) is 4.96 Å². The van der Waals surface area contributed by atoms with Gasteiger partial charge in [-0.25, -0.2) is 4.98 Å². The number of aliphatic hydroxyl groups excluding tert-OH is 2. The standard InChI is InChI=1S/C14H17N3O2S/c18-7-5-16(6-8-19)9-11-10-20-14-15-12-3-1-2-4-13(12)17(11)14/h1-4,10,18-19H,5-9H2/p+1. The second-order valence-corrected chi connectivity index (χ2v) is 5.66. The first-order valence-electron chi connectivity index (χ1n) is 6.72. The number of nitrogens with one attached hydrogen (secondary N) is 1. The summed E-state index contributed by atoms with van der Waals surface area (Å²) < 4.78 is 2.18. The van der Waals surface area contributed by atoms with Gasteiger partial charge in [-0.3, -0.25) is 4.40 Å². The van der Waals surface area contributed by atoms with E-state index in [0.717, 1.165) is 22.5 Å². The van der Waals surface area contributed by atoms with E-state index in [1.165, 1.54) is 10.6 Å². The highest BCUT2D eigenvalue weighted by molar-refractivity contribution is 7.15. The van der Waals surface area contributed by atoms with E-state index in [1.54, 1.807) is 11.3 Å². The number of rotatable bonds is 6. The van der Waals surface area contributed by atoms with Crippen molar-refractivity contribution in [3.63, 3.8) is 0 Å². The van der Waals surface area contributed by atoms with Crippen LogP contribution in [0.25, 0.3) is 16.0 Å². The Bertz CT molecular complexity index is 701. The SMILES string of the molecule is OCC[NH+](CCO)Cc1csc2nc3ccccc3n12. The normalized spacial score (nSPS) is 11.9. The number of fused-ring (bicyclic) bond motifs is 3. The van der Waals surface area contributed by atoms with E-state index in [4.69, 9.17) is 10.2 Å². The molecular formula is C14H18N3O2S+. The molecule has 1 aromatic carbocycles. The van der Waals surface area contributed by atoms with Crippen LogP contribution in [0.3, 0.4) is 0 Å². The van der Waals surface area contributed by atoms with Crippen molar-refractivity contribution < 1.29 is 15.1 Å². The lowest BCUT2D eigenvalue weighted by atomic mass is 10.3. The van der Waals surface area contributed by atoms with Crippen molar-refractivity contribution in [2.75, 3.05) is 26.3 Å². The molecule has 0 amide bonds. The predicted octanol–water partition coefficient (Wildman–Crippen LogP) is -0.0815. The number of aliphatic hydroxyl groups is 2. The maximum Gasteiger partial charge on any atom is 0.195 e. The van der Waals surface area contributed by atoms with Gasteiger partial charge in [0, 0.05) is 5.38 Å². The molecule has 0 radical (unpaired) electrons. The van der Waals surface area contributed by atoms with Crippen LogP contribution in [-0.2, 0) is 6.54 Å². The minimum atomic E-state index is 0.132. The van der Waals surface area contributed by atoms with Gasteiger partial charge in [-0.05, 0) is 12.1 Å². The van der Waals surface area contributed by atoms with Gasteiger partial charge in [0.2, 0.25) is 0 Å².